The highest BCUT2D eigenvalue weighted by atomic mass is 16.3. The number of carbonyl (C=O) groups is 4. The summed E-state index contributed by atoms with van der Waals surface area (Å²) >= 11 is 0. The normalized spacial score (nSPS) is 32.8. The monoisotopic (exact) mass is 498 g/mol. The van der Waals surface area contributed by atoms with Crippen LogP contribution in [0.25, 0.3) is 0 Å². The van der Waals surface area contributed by atoms with Crippen molar-refractivity contribution in [2.75, 3.05) is 11.4 Å². The van der Waals surface area contributed by atoms with Gasteiger partial charge in [0.05, 0.1) is 28.9 Å². The number of para-hydroxylation sites is 2. The number of rotatable bonds is 4. The number of aromatic hydroxyl groups is 1. The van der Waals surface area contributed by atoms with Crippen molar-refractivity contribution in [3.05, 3.63) is 71.8 Å². The molecule has 190 valence electrons. The smallest absolute Gasteiger partial charge is 0.241 e. The van der Waals surface area contributed by atoms with Crippen LogP contribution in [0.4, 0.5) is 5.69 Å². The van der Waals surface area contributed by atoms with Gasteiger partial charge in [0.25, 0.3) is 0 Å². The molecule has 0 spiro atoms. The average molecular weight is 499 g/mol. The molecule has 2 aromatic rings. The van der Waals surface area contributed by atoms with E-state index in [1.54, 1.807) is 42.5 Å². The summed E-state index contributed by atoms with van der Waals surface area (Å²) in [5.41, 5.74) is 0.829. The highest BCUT2D eigenvalue weighted by Gasteiger charge is 2.67. The molecule has 4 aliphatic rings. The van der Waals surface area contributed by atoms with Gasteiger partial charge in [0, 0.05) is 18.0 Å². The molecule has 37 heavy (non-hydrogen) atoms. The molecule has 1 N–H and O–H groups in total. The van der Waals surface area contributed by atoms with Crippen molar-refractivity contribution in [2.24, 2.45) is 29.1 Å². The van der Waals surface area contributed by atoms with Crippen molar-refractivity contribution in [1.29, 1.82) is 0 Å². The number of hydrogen-bond donors (Lipinski definition) is 1. The minimum atomic E-state index is -1.14. The molecule has 6 rings (SSSR count). The minimum Gasteiger partial charge on any atom is -0.508 e. The maximum atomic E-state index is 14.2. The molecule has 2 aromatic carbocycles. The molecule has 6 atom stereocenters. The first-order chi connectivity index (χ1) is 17.8. The van der Waals surface area contributed by atoms with Gasteiger partial charge < -0.3 is 5.11 Å². The molecule has 4 amide bonds. The van der Waals surface area contributed by atoms with E-state index < -0.39 is 29.1 Å². The van der Waals surface area contributed by atoms with E-state index in [0.29, 0.717) is 37.1 Å². The van der Waals surface area contributed by atoms with Gasteiger partial charge in [-0.05, 0) is 50.3 Å². The fourth-order valence-electron chi connectivity index (χ4n) is 7.42. The Kier molecular flexibility index (Phi) is 5.37. The third kappa shape index (κ3) is 3.12. The Bertz CT molecular complexity index is 1350. The maximum absolute atomic E-state index is 14.2. The van der Waals surface area contributed by atoms with Gasteiger partial charge in [0.1, 0.15) is 5.75 Å². The van der Waals surface area contributed by atoms with Gasteiger partial charge in [-0.15, -0.1) is 0 Å². The van der Waals surface area contributed by atoms with Gasteiger partial charge in [-0.25, -0.2) is 4.90 Å². The van der Waals surface area contributed by atoms with Crippen LogP contribution < -0.4 is 4.90 Å². The summed E-state index contributed by atoms with van der Waals surface area (Å²) < 4.78 is 0. The summed E-state index contributed by atoms with van der Waals surface area (Å²) in [6, 6.07) is 15.8. The van der Waals surface area contributed by atoms with Crippen LogP contribution in [0.15, 0.2) is 66.2 Å². The summed E-state index contributed by atoms with van der Waals surface area (Å²) in [5.74, 6) is -3.48. The van der Waals surface area contributed by atoms with E-state index in [1.165, 1.54) is 9.80 Å². The highest BCUT2D eigenvalue weighted by Crippen LogP contribution is 2.64. The van der Waals surface area contributed by atoms with Gasteiger partial charge in [0.2, 0.25) is 23.6 Å². The number of imide groups is 2. The van der Waals surface area contributed by atoms with E-state index in [4.69, 9.17) is 0 Å². The molecule has 0 aromatic heterocycles. The molecule has 0 bridgehead atoms. The number of phenolic OH excluding ortho intramolecular Hbond substituents is 1. The van der Waals surface area contributed by atoms with Crippen molar-refractivity contribution >= 4 is 29.3 Å². The first kappa shape index (κ1) is 23.6. The number of nitrogens with zero attached hydrogens (tertiary/aromatic N) is 2. The number of amides is 4. The van der Waals surface area contributed by atoms with Gasteiger partial charge in [-0.3, -0.25) is 24.1 Å². The van der Waals surface area contributed by atoms with E-state index in [0.717, 1.165) is 5.57 Å². The first-order valence-electron chi connectivity index (χ1n) is 13.1. The SMILES string of the molecule is CCCN1C(=O)C2CC=C3C(CC4C(=O)N(c5ccccc5)C(=O)C4(C)C3c3ccccc3O)C2C1=O. The predicted molar refractivity (Wildman–Crippen MR) is 136 cm³/mol. The van der Waals surface area contributed by atoms with E-state index >= 15 is 0 Å². The molecule has 2 saturated heterocycles. The van der Waals surface area contributed by atoms with Crippen LogP contribution in [0.3, 0.4) is 0 Å². The van der Waals surface area contributed by atoms with Crippen molar-refractivity contribution in [2.45, 2.75) is 39.0 Å². The third-order valence-corrected chi connectivity index (χ3v) is 9.08. The molecule has 0 radical (unpaired) electrons. The Morgan fingerprint density at radius 3 is 2.32 bits per heavy atom. The quantitative estimate of drug-likeness (QED) is 0.507. The standard InChI is InChI=1S/C30H30N2O5/c1-3-15-31-26(34)20-14-13-18-21(24(20)28(31)36)16-22-27(35)32(17-9-5-4-6-10-17)29(37)30(22,2)25(18)19-11-7-8-12-23(19)33/h4-13,20-22,24-25,33H,3,14-16H2,1-2H3. The van der Waals surface area contributed by atoms with Gasteiger partial charge in [-0.2, -0.15) is 0 Å². The number of fused-ring (bicyclic) bond motifs is 4. The van der Waals surface area contributed by atoms with Gasteiger partial charge in [-0.1, -0.05) is 55.0 Å². The van der Waals surface area contributed by atoms with Crippen LogP contribution in [0.1, 0.15) is 44.6 Å². The predicted octanol–water partition coefficient (Wildman–Crippen LogP) is 4.03. The van der Waals surface area contributed by atoms with Crippen LogP contribution in [0, 0.1) is 29.1 Å². The van der Waals surface area contributed by atoms with Crippen LogP contribution in [-0.4, -0.2) is 40.2 Å². The lowest BCUT2D eigenvalue weighted by Gasteiger charge is -2.49. The number of carbonyl (C=O) groups excluding carboxylic acids is 4. The lowest BCUT2D eigenvalue weighted by atomic mass is 9.51. The van der Waals surface area contributed by atoms with Gasteiger partial charge in [0.15, 0.2) is 0 Å². The molecule has 7 nitrogen and oxygen atoms in total. The minimum absolute atomic E-state index is 0.0518. The fourth-order valence-corrected chi connectivity index (χ4v) is 7.42. The Labute approximate surface area is 215 Å². The molecular formula is C30H30N2O5. The van der Waals surface area contributed by atoms with E-state index in [-0.39, 0.29) is 35.3 Å². The topological polar surface area (TPSA) is 95.0 Å². The lowest BCUT2D eigenvalue weighted by Crippen LogP contribution is -2.48. The number of allylic oxidation sites excluding steroid dienone is 2. The third-order valence-electron chi connectivity index (χ3n) is 9.08. The van der Waals surface area contributed by atoms with Crippen LogP contribution in [0.5, 0.6) is 5.75 Å². The Morgan fingerprint density at radius 1 is 0.919 bits per heavy atom. The highest BCUT2D eigenvalue weighted by molar-refractivity contribution is 6.24. The maximum Gasteiger partial charge on any atom is 0.241 e. The number of benzene rings is 2. The molecular weight excluding hydrogens is 468 g/mol. The van der Waals surface area contributed by atoms with E-state index in [1.807, 2.05) is 32.1 Å². The summed E-state index contributed by atoms with van der Waals surface area (Å²) in [4.78, 5) is 57.6. The van der Waals surface area contributed by atoms with Crippen molar-refractivity contribution < 1.29 is 24.3 Å². The van der Waals surface area contributed by atoms with Crippen LogP contribution in [0.2, 0.25) is 0 Å². The summed E-state index contributed by atoms with van der Waals surface area (Å²) in [7, 11) is 0. The Hall–Kier alpha value is -3.74. The number of phenols is 1. The Balaban J connectivity index is 1.52. The van der Waals surface area contributed by atoms with E-state index in [9.17, 15) is 24.3 Å². The lowest BCUT2D eigenvalue weighted by molar-refractivity contribution is -0.140. The second-order valence-electron chi connectivity index (χ2n) is 10.9. The Morgan fingerprint density at radius 2 is 1.62 bits per heavy atom. The number of likely N-dealkylation sites (tertiary alicyclic amines) is 1. The molecule has 3 fully saturated rings. The van der Waals surface area contributed by atoms with Crippen molar-refractivity contribution in [3.63, 3.8) is 0 Å². The van der Waals surface area contributed by atoms with Crippen molar-refractivity contribution in [1.82, 2.24) is 4.90 Å². The second-order valence-corrected chi connectivity index (χ2v) is 10.9. The molecule has 1 saturated carbocycles. The second kappa shape index (κ2) is 8.40. The summed E-state index contributed by atoms with van der Waals surface area (Å²) in [6.45, 7) is 4.15. The van der Waals surface area contributed by atoms with Crippen molar-refractivity contribution in [3.8, 4) is 5.75 Å². The molecule has 2 aliphatic carbocycles. The van der Waals surface area contributed by atoms with Crippen LogP contribution in [-0.2, 0) is 19.2 Å². The number of hydrogen-bond acceptors (Lipinski definition) is 5. The molecule has 6 unspecified atom stereocenters. The average Bonchev–Trinajstić information content (AvgIpc) is 3.25. The summed E-state index contributed by atoms with van der Waals surface area (Å²) in [5, 5.41) is 10.9. The van der Waals surface area contributed by atoms with Gasteiger partial charge >= 0.3 is 0 Å². The van der Waals surface area contributed by atoms with Crippen LogP contribution >= 0.6 is 0 Å². The summed E-state index contributed by atoms with van der Waals surface area (Å²) in [6.07, 6.45) is 3.42. The fraction of sp³-hybridized carbons (Fsp3) is 0.400. The zero-order chi connectivity index (χ0) is 26.1. The molecule has 2 aliphatic heterocycles. The zero-order valence-electron chi connectivity index (χ0n) is 21.0. The molecule has 7 heteroatoms. The zero-order valence-corrected chi connectivity index (χ0v) is 21.0. The number of anilines is 1. The molecule has 2 heterocycles. The van der Waals surface area contributed by atoms with E-state index in [2.05, 4.69) is 0 Å². The largest absolute Gasteiger partial charge is 0.508 e. The first-order valence-corrected chi connectivity index (χ1v) is 13.1.